The number of aromatic nitrogens is 4. The van der Waals surface area contributed by atoms with E-state index in [1.165, 1.54) is 0 Å². The van der Waals surface area contributed by atoms with Crippen LogP contribution in [-0.4, -0.2) is 49.7 Å². The summed E-state index contributed by atoms with van der Waals surface area (Å²) in [5.74, 6) is 1.04. The van der Waals surface area contributed by atoms with Gasteiger partial charge in [-0.1, -0.05) is 49.0 Å². The van der Waals surface area contributed by atoms with Crippen LogP contribution in [0.4, 0.5) is 0 Å². The third kappa shape index (κ3) is 3.35. The SMILES string of the molecule is CCSc1ncc(-c2c(-c3ccccc3)ncn2[C@H]2CCN(C)C2=O)cn1. The summed E-state index contributed by atoms with van der Waals surface area (Å²) in [6.45, 7) is 2.83. The van der Waals surface area contributed by atoms with Gasteiger partial charge in [0.1, 0.15) is 6.04 Å². The first-order chi connectivity index (χ1) is 13.2. The minimum atomic E-state index is -0.236. The topological polar surface area (TPSA) is 63.9 Å². The molecule has 138 valence electrons. The van der Waals surface area contributed by atoms with Crippen molar-refractivity contribution in [1.82, 2.24) is 24.4 Å². The molecule has 0 bridgehead atoms. The quantitative estimate of drug-likeness (QED) is 0.501. The Morgan fingerprint density at radius 2 is 1.85 bits per heavy atom. The van der Waals surface area contributed by atoms with Gasteiger partial charge in [-0.3, -0.25) is 4.79 Å². The molecule has 0 spiro atoms. The molecule has 3 heterocycles. The summed E-state index contributed by atoms with van der Waals surface area (Å²) in [4.78, 5) is 28.0. The molecule has 1 fully saturated rings. The number of likely N-dealkylation sites (N-methyl/N-ethyl adjacent to an activating group) is 1. The molecule has 0 aliphatic carbocycles. The van der Waals surface area contributed by atoms with Gasteiger partial charge in [-0.05, 0) is 12.2 Å². The molecule has 27 heavy (non-hydrogen) atoms. The Hall–Kier alpha value is -2.67. The maximum atomic E-state index is 12.6. The predicted molar refractivity (Wildman–Crippen MR) is 106 cm³/mol. The van der Waals surface area contributed by atoms with Crippen molar-refractivity contribution in [3.8, 4) is 22.5 Å². The summed E-state index contributed by atoms with van der Waals surface area (Å²) in [7, 11) is 1.84. The summed E-state index contributed by atoms with van der Waals surface area (Å²) in [6.07, 6.45) is 6.20. The zero-order chi connectivity index (χ0) is 18.8. The number of nitrogens with zero attached hydrogens (tertiary/aromatic N) is 5. The molecular weight excluding hydrogens is 358 g/mol. The van der Waals surface area contributed by atoms with Crippen molar-refractivity contribution in [2.75, 3.05) is 19.3 Å². The standard InChI is InChI=1S/C20H21N5OS/c1-3-27-20-21-11-15(12-22-20)18-17(14-7-5-4-6-8-14)23-13-25(18)16-9-10-24(2)19(16)26/h4-8,11-13,16H,3,9-10H2,1-2H3/t16-/m0/s1. The molecule has 1 saturated heterocycles. The highest BCUT2D eigenvalue weighted by Crippen LogP contribution is 2.35. The molecule has 3 aromatic rings. The third-order valence-electron chi connectivity index (χ3n) is 4.75. The molecule has 1 aliphatic heterocycles. The van der Waals surface area contributed by atoms with Gasteiger partial charge >= 0.3 is 0 Å². The van der Waals surface area contributed by atoms with Gasteiger partial charge in [-0.25, -0.2) is 15.0 Å². The fourth-order valence-corrected chi connectivity index (χ4v) is 3.91. The normalized spacial score (nSPS) is 16.9. The third-order valence-corrected chi connectivity index (χ3v) is 5.51. The second kappa shape index (κ2) is 7.52. The Morgan fingerprint density at radius 3 is 2.48 bits per heavy atom. The average Bonchev–Trinajstić information content (AvgIpc) is 3.27. The molecule has 4 rings (SSSR count). The van der Waals surface area contributed by atoms with Gasteiger partial charge in [-0.15, -0.1) is 0 Å². The van der Waals surface area contributed by atoms with Crippen LogP contribution in [-0.2, 0) is 4.79 Å². The highest BCUT2D eigenvalue weighted by Gasteiger charge is 2.33. The number of amides is 1. The van der Waals surface area contributed by atoms with Crippen molar-refractivity contribution in [1.29, 1.82) is 0 Å². The van der Waals surface area contributed by atoms with Gasteiger partial charge in [0.05, 0.1) is 17.7 Å². The zero-order valence-corrected chi connectivity index (χ0v) is 16.2. The Kier molecular flexibility index (Phi) is 4.94. The molecule has 7 heteroatoms. The lowest BCUT2D eigenvalue weighted by molar-refractivity contribution is -0.129. The van der Waals surface area contributed by atoms with E-state index >= 15 is 0 Å². The summed E-state index contributed by atoms with van der Waals surface area (Å²) in [5.41, 5.74) is 3.62. The monoisotopic (exact) mass is 379 g/mol. The van der Waals surface area contributed by atoms with Crippen LogP contribution < -0.4 is 0 Å². The highest BCUT2D eigenvalue weighted by atomic mass is 32.2. The molecule has 2 aromatic heterocycles. The molecule has 0 radical (unpaired) electrons. The smallest absolute Gasteiger partial charge is 0.245 e. The maximum Gasteiger partial charge on any atom is 0.245 e. The number of carbonyl (C=O) groups is 1. The van der Waals surface area contributed by atoms with Crippen LogP contribution in [0.3, 0.4) is 0 Å². The molecule has 1 aromatic carbocycles. The predicted octanol–water partition coefficient (Wildman–Crippen LogP) is 3.52. The fraction of sp³-hybridized carbons (Fsp3) is 0.300. The molecule has 1 atom stereocenters. The Morgan fingerprint density at radius 1 is 1.11 bits per heavy atom. The number of thioether (sulfide) groups is 1. The van der Waals surface area contributed by atoms with E-state index in [1.54, 1.807) is 23.0 Å². The molecule has 0 unspecified atom stereocenters. The largest absolute Gasteiger partial charge is 0.344 e. The number of hydrogen-bond acceptors (Lipinski definition) is 5. The van der Waals surface area contributed by atoms with E-state index in [1.807, 2.05) is 54.3 Å². The number of likely N-dealkylation sites (tertiary alicyclic amines) is 1. The summed E-state index contributed by atoms with van der Waals surface area (Å²) in [5, 5.41) is 0.755. The van der Waals surface area contributed by atoms with Gasteiger partial charge < -0.3 is 9.47 Å². The van der Waals surface area contributed by atoms with Crippen LogP contribution in [0.25, 0.3) is 22.5 Å². The van der Waals surface area contributed by atoms with E-state index in [2.05, 4.69) is 21.9 Å². The van der Waals surface area contributed by atoms with E-state index in [0.29, 0.717) is 0 Å². The van der Waals surface area contributed by atoms with Crippen LogP contribution in [0.2, 0.25) is 0 Å². The molecule has 0 N–H and O–H groups in total. The lowest BCUT2D eigenvalue weighted by Crippen LogP contribution is -2.24. The Balaban J connectivity index is 1.83. The molecular formula is C20H21N5OS. The number of carbonyl (C=O) groups excluding carboxylic acids is 1. The molecule has 6 nitrogen and oxygen atoms in total. The minimum Gasteiger partial charge on any atom is -0.344 e. The van der Waals surface area contributed by atoms with Crippen molar-refractivity contribution in [3.63, 3.8) is 0 Å². The van der Waals surface area contributed by atoms with E-state index in [4.69, 9.17) is 0 Å². The molecule has 0 saturated carbocycles. The van der Waals surface area contributed by atoms with Gasteiger partial charge in [0.25, 0.3) is 0 Å². The lowest BCUT2D eigenvalue weighted by Gasteiger charge is -2.16. The number of rotatable bonds is 5. The van der Waals surface area contributed by atoms with E-state index in [9.17, 15) is 4.79 Å². The average molecular weight is 379 g/mol. The van der Waals surface area contributed by atoms with E-state index in [0.717, 1.165) is 46.4 Å². The van der Waals surface area contributed by atoms with Crippen LogP contribution in [0.15, 0.2) is 54.2 Å². The van der Waals surface area contributed by atoms with Crippen molar-refractivity contribution in [2.45, 2.75) is 24.5 Å². The number of imidazole rings is 1. The highest BCUT2D eigenvalue weighted by molar-refractivity contribution is 7.99. The Labute approximate surface area is 162 Å². The first-order valence-corrected chi connectivity index (χ1v) is 10.00. The fourth-order valence-electron chi connectivity index (χ4n) is 3.39. The second-order valence-electron chi connectivity index (χ2n) is 6.47. The second-order valence-corrected chi connectivity index (χ2v) is 7.70. The minimum absolute atomic E-state index is 0.118. The van der Waals surface area contributed by atoms with Crippen LogP contribution in [0.5, 0.6) is 0 Å². The zero-order valence-electron chi connectivity index (χ0n) is 15.4. The van der Waals surface area contributed by atoms with E-state index in [-0.39, 0.29) is 11.9 Å². The molecule has 1 amide bonds. The summed E-state index contributed by atoms with van der Waals surface area (Å²) in [6, 6.07) is 9.78. The number of hydrogen-bond donors (Lipinski definition) is 0. The van der Waals surface area contributed by atoms with Crippen molar-refractivity contribution in [2.24, 2.45) is 0 Å². The number of benzene rings is 1. The Bertz CT molecular complexity index is 939. The molecule has 1 aliphatic rings. The van der Waals surface area contributed by atoms with Crippen LogP contribution in [0, 0.1) is 0 Å². The van der Waals surface area contributed by atoms with Crippen molar-refractivity contribution >= 4 is 17.7 Å². The maximum absolute atomic E-state index is 12.6. The summed E-state index contributed by atoms with van der Waals surface area (Å²) >= 11 is 1.61. The first-order valence-electron chi connectivity index (χ1n) is 9.01. The van der Waals surface area contributed by atoms with Gasteiger partial charge in [-0.2, -0.15) is 0 Å². The van der Waals surface area contributed by atoms with Crippen molar-refractivity contribution in [3.05, 3.63) is 49.1 Å². The van der Waals surface area contributed by atoms with E-state index < -0.39 is 0 Å². The van der Waals surface area contributed by atoms with Gasteiger partial charge in [0, 0.05) is 37.1 Å². The lowest BCUT2D eigenvalue weighted by atomic mass is 10.1. The van der Waals surface area contributed by atoms with Crippen LogP contribution >= 0.6 is 11.8 Å². The van der Waals surface area contributed by atoms with Crippen molar-refractivity contribution < 1.29 is 4.79 Å². The van der Waals surface area contributed by atoms with Gasteiger partial charge in [0.15, 0.2) is 5.16 Å². The first kappa shape index (κ1) is 17.7. The summed E-state index contributed by atoms with van der Waals surface area (Å²) < 4.78 is 1.99. The van der Waals surface area contributed by atoms with Crippen LogP contribution in [0.1, 0.15) is 19.4 Å². The van der Waals surface area contributed by atoms with Gasteiger partial charge in [0.2, 0.25) is 5.91 Å².